The van der Waals surface area contributed by atoms with Crippen LogP contribution in [0.2, 0.25) is 0 Å². The monoisotopic (exact) mass is 438 g/mol. The van der Waals surface area contributed by atoms with Gasteiger partial charge in [-0.2, -0.15) is 5.10 Å². The molecule has 1 atom stereocenters. The first kappa shape index (κ1) is 24.9. The molecule has 3 rings (SSSR count). The number of hydrogen-bond acceptors (Lipinski definition) is 4. The molecule has 3 aromatic rings. The average molecular weight is 439 g/mol. The van der Waals surface area contributed by atoms with E-state index in [1.165, 1.54) is 10.6 Å². The lowest BCUT2D eigenvalue weighted by Gasteiger charge is -2.15. The Kier molecular flexibility index (Phi) is 8.43. The standard InChI is InChI=1S/C23H30N4O3.C2H4/c1-14(2)16(5)13-18(21(29)10-12-28)22-24-25-23(30)27(22)20-8-6-7-19-17(20)9-11-26(19)15(3)4;1-2/h6-11,13-16,28-29H,12H2,1-5H3,(H,25,30);1-2H2/b18-13+,21-10+;. The van der Waals surface area contributed by atoms with E-state index in [1.54, 1.807) is 0 Å². The van der Waals surface area contributed by atoms with Gasteiger partial charge < -0.3 is 14.8 Å². The molecule has 0 aliphatic carbocycles. The quantitative estimate of drug-likeness (QED) is 0.274. The average Bonchev–Trinajstić information content (AvgIpc) is 3.37. The zero-order valence-electron chi connectivity index (χ0n) is 19.5. The molecule has 2 heterocycles. The van der Waals surface area contributed by atoms with E-state index < -0.39 is 5.69 Å². The fourth-order valence-corrected chi connectivity index (χ4v) is 3.44. The molecule has 0 radical (unpaired) electrons. The number of aromatic amines is 1. The Balaban J connectivity index is 0.00000176. The van der Waals surface area contributed by atoms with Crippen molar-refractivity contribution in [3.05, 3.63) is 77.8 Å². The summed E-state index contributed by atoms with van der Waals surface area (Å²) in [7, 11) is 0. The first-order valence-corrected chi connectivity index (χ1v) is 10.8. The predicted octanol–water partition coefficient (Wildman–Crippen LogP) is 5.01. The fraction of sp³-hybridized carbons (Fsp3) is 0.360. The molecule has 1 aromatic carbocycles. The van der Waals surface area contributed by atoms with Crippen LogP contribution in [0.1, 0.15) is 46.5 Å². The third kappa shape index (κ3) is 4.94. The van der Waals surface area contributed by atoms with E-state index in [1.807, 2.05) is 43.5 Å². The van der Waals surface area contributed by atoms with E-state index in [4.69, 9.17) is 0 Å². The van der Waals surface area contributed by atoms with Crippen molar-refractivity contribution < 1.29 is 10.2 Å². The maximum Gasteiger partial charge on any atom is 0.348 e. The summed E-state index contributed by atoms with van der Waals surface area (Å²) in [6.45, 7) is 16.1. The van der Waals surface area contributed by atoms with Crippen molar-refractivity contribution in [3.8, 4) is 5.69 Å². The lowest BCUT2D eigenvalue weighted by Crippen LogP contribution is -2.18. The highest BCUT2D eigenvalue weighted by Gasteiger charge is 2.21. The first-order valence-electron chi connectivity index (χ1n) is 10.8. The SMILES string of the molecule is C=C.CC(C)C(C)/C=C(\C(O)=C/CO)c1n[nH]c(=O)n1-c1cccc2c1ccn2C(C)C. The largest absolute Gasteiger partial charge is 0.507 e. The number of aliphatic hydroxyl groups excluding tert-OH is 2. The highest BCUT2D eigenvalue weighted by Crippen LogP contribution is 2.29. The summed E-state index contributed by atoms with van der Waals surface area (Å²) in [6, 6.07) is 8.05. The molecule has 32 heavy (non-hydrogen) atoms. The highest BCUT2D eigenvalue weighted by molar-refractivity contribution is 5.89. The van der Waals surface area contributed by atoms with E-state index in [-0.39, 0.29) is 24.3 Å². The van der Waals surface area contributed by atoms with Crippen LogP contribution in [0.5, 0.6) is 0 Å². The second-order valence-electron chi connectivity index (χ2n) is 8.17. The smallest absolute Gasteiger partial charge is 0.348 e. The molecular formula is C25H34N4O3. The second-order valence-corrected chi connectivity index (χ2v) is 8.17. The van der Waals surface area contributed by atoms with E-state index in [9.17, 15) is 15.0 Å². The fourth-order valence-electron chi connectivity index (χ4n) is 3.44. The van der Waals surface area contributed by atoms with E-state index in [0.29, 0.717) is 23.0 Å². The van der Waals surface area contributed by atoms with Gasteiger partial charge in [0, 0.05) is 17.6 Å². The maximum atomic E-state index is 12.8. The van der Waals surface area contributed by atoms with Crippen LogP contribution in [-0.2, 0) is 0 Å². The van der Waals surface area contributed by atoms with E-state index in [0.717, 1.165) is 10.9 Å². The molecule has 0 saturated heterocycles. The van der Waals surface area contributed by atoms with Crippen molar-refractivity contribution >= 4 is 16.5 Å². The summed E-state index contributed by atoms with van der Waals surface area (Å²) in [5.41, 5.74) is 1.71. The zero-order chi connectivity index (χ0) is 24.0. The number of benzene rings is 1. The van der Waals surface area contributed by atoms with Gasteiger partial charge in [-0.25, -0.2) is 14.5 Å². The van der Waals surface area contributed by atoms with Gasteiger partial charge in [-0.05, 0) is 50.0 Å². The molecular weight excluding hydrogens is 404 g/mol. The minimum absolute atomic E-state index is 0.114. The Morgan fingerprint density at radius 1 is 1.19 bits per heavy atom. The van der Waals surface area contributed by atoms with Crippen molar-refractivity contribution in [3.63, 3.8) is 0 Å². The molecule has 0 aliphatic heterocycles. The van der Waals surface area contributed by atoms with Crippen molar-refractivity contribution in [1.29, 1.82) is 0 Å². The molecule has 0 amide bonds. The number of nitrogens with zero attached hydrogens (tertiary/aromatic N) is 3. The molecule has 7 nitrogen and oxygen atoms in total. The maximum absolute atomic E-state index is 12.8. The summed E-state index contributed by atoms with van der Waals surface area (Å²) in [6.07, 6.45) is 5.19. The van der Waals surface area contributed by atoms with Gasteiger partial charge >= 0.3 is 5.69 Å². The summed E-state index contributed by atoms with van der Waals surface area (Å²) in [4.78, 5) is 12.8. The Hall–Kier alpha value is -3.32. The summed E-state index contributed by atoms with van der Waals surface area (Å²) in [5, 5.41) is 27.6. The molecule has 3 N–H and O–H groups in total. The minimum Gasteiger partial charge on any atom is -0.507 e. The summed E-state index contributed by atoms with van der Waals surface area (Å²) in [5.74, 6) is 0.633. The van der Waals surface area contributed by atoms with Crippen molar-refractivity contribution in [2.24, 2.45) is 11.8 Å². The van der Waals surface area contributed by atoms with Crippen molar-refractivity contribution in [2.75, 3.05) is 6.61 Å². The van der Waals surface area contributed by atoms with Gasteiger partial charge in [-0.1, -0.05) is 32.9 Å². The molecule has 7 heteroatoms. The van der Waals surface area contributed by atoms with Crippen LogP contribution in [-0.4, -0.2) is 36.2 Å². The molecule has 0 aliphatic rings. The van der Waals surface area contributed by atoms with Crippen LogP contribution in [0.25, 0.3) is 22.2 Å². The number of H-pyrrole nitrogens is 1. The highest BCUT2D eigenvalue weighted by atomic mass is 16.3. The lowest BCUT2D eigenvalue weighted by molar-refractivity contribution is 0.333. The number of hydrogen-bond donors (Lipinski definition) is 3. The normalized spacial score (nSPS) is 13.5. The van der Waals surface area contributed by atoms with Crippen LogP contribution >= 0.6 is 0 Å². The van der Waals surface area contributed by atoms with Gasteiger partial charge in [0.1, 0.15) is 5.76 Å². The minimum atomic E-state index is -0.394. The number of fused-ring (bicyclic) bond motifs is 1. The molecule has 2 aromatic heterocycles. The molecule has 0 fully saturated rings. The number of allylic oxidation sites excluding steroid dienone is 2. The van der Waals surface area contributed by atoms with Gasteiger partial charge in [0.15, 0.2) is 5.82 Å². The molecule has 172 valence electrons. The molecule has 0 saturated carbocycles. The third-order valence-electron chi connectivity index (χ3n) is 5.49. The predicted molar refractivity (Wildman–Crippen MR) is 131 cm³/mol. The summed E-state index contributed by atoms with van der Waals surface area (Å²) < 4.78 is 3.62. The summed E-state index contributed by atoms with van der Waals surface area (Å²) >= 11 is 0. The van der Waals surface area contributed by atoms with Crippen LogP contribution in [0.3, 0.4) is 0 Å². The molecule has 0 spiro atoms. The van der Waals surface area contributed by atoms with Gasteiger partial charge in [0.25, 0.3) is 0 Å². The van der Waals surface area contributed by atoms with Crippen molar-refractivity contribution in [1.82, 2.24) is 19.3 Å². The topological polar surface area (TPSA) is 96.1 Å². The van der Waals surface area contributed by atoms with Gasteiger partial charge in [0.05, 0.1) is 23.4 Å². The number of aliphatic hydroxyl groups is 2. The Morgan fingerprint density at radius 2 is 1.88 bits per heavy atom. The zero-order valence-corrected chi connectivity index (χ0v) is 19.5. The molecule has 1 unspecified atom stereocenters. The number of rotatable bonds is 7. The number of nitrogens with one attached hydrogen (secondary N) is 1. The van der Waals surface area contributed by atoms with E-state index >= 15 is 0 Å². The number of aromatic nitrogens is 4. The third-order valence-corrected chi connectivity index (χ3v) is 5.49. The van der Waals surface area contributed by atoms with Crippen LogP contribution in [0.15, 0.2) is 66.3 Å². The Bertz CT molecular complexity index is 1160. The Morgan fingerprint density at radius 3 is 2.47 bits per heavy atom. The van der Waals surface area contributed by atoms with Gasteiger partial charge in [-0.15, -0.1) is 13.2 Å². The van der Waals surface area contributed by atoms with Crippen molar-refractivity contribution in [2.45, 2.75) is 40.7 Å². The van der Waals surface area contributed by atoms with Crippen LogP contribution in [0.4, 0.5) is 0 Å². The first-order chi connectivity index (χ1) is 15.3. The Labute approximate surface area is 189 Å². The molecule has 0 bridgehead atoms. The second kappa shape index (κ2) is 10.8. The lowest BCUT2D eigenvalue weighted by atomic mass is 9.94. The van der Waals surface area contributed by atoms with Gasteiger partial charge in [-0.3, -0.25) is 0 Å². The van der Waals surface area contributed by atoms with Gasteiger partial charge in [0.2, 0.25) is 0 Å². The van der Waals surface area contributed by atoms with Crippen LogP contribution < -0.4 is 5.69 Å². The van der Waals surface area contributed by atoms with Crippen LogP contribution in [0, 0.1) is 11.8 Å². The van der Waals surface area contributed by atoms with E-state index in [2.05, 4.69) is 55.6 Å².